The molecule has 0 spiro atoms. The fourth-order valence-electron chi connectivity index (χ4n) is 4.80. The maximum absolute atomic E-state index is 14.1. The third-order valence-electron chi connectivity index (χ3n) is 7.09. The van der Waals surface area contributed by atoms with E-state index in [2.05, 4.69) is 75.5 Å². The van der Waals surface area contributed by atoms with Crippen molar-refractivity contribution in [1.29, 1.82) is 5.26 Å². The Morgan fingerprint density at radius 2 is 0.870 bits per heavy atom. The van der Waals surface area contributed by atoms with Gasteiger partial charge in [0.05, 0.1) is 26.8 Å². The first-order chi connectivity index (χ1) is 25.3. The van der Waals surface area contributed by atoms with E-state index in [0.29, 0.717) is 25.1 Å². The minimum Gasteiger partial charge on any atom is -1.00 e. The third kappa shape index (κ3) is 12.5. The molecule has 1 aliphatic rings. The molecule has 0 unspecified atom stereocenters. The molecule has 7 rings (SSSR count). The number of nitrogens with zero attached hydrogens (tertiary/aromatic N) is 1. The number of hydrogen-bond acceptors (Lipinski definition) is 2. The van der Waals surface area contributed by atoms with Gasteiger partial charge in [0.25, 0.3) is 0 Å². The number of fused-ring (bicyclic) bond motifs is 2. The fraction of sp³-hybridized carbons (Fsp3) is 0.0263. The van der Waals surface area contributed by atoms with Crippen LogP contribution in [-0.4, -0.2) is 12.9 Å². The first-order valence-corrected chi connectivity index (χ1v) is 20.2. The van der Waals surface area contributed by atoms with Gasteiger partial charge in [0, 0.05) is 19.3 Å². The van der Waals surface area contributed by atoms with Gasteiger partial charge in [-0.1, -0.05) is 48.2 Å². The van der Waals surface area contributed by atoms with Gasteiger partial charge in [0.2, 0.25) is 0 Å². The SMILES string of the molecule is ClCCl.FB(F)F.Fc1cc2c(cc1F)[S+](c1ccc(-c3ccc(I)cc3)cc1)c1cc(F)c(F)cc1S2.N#Cc1ccc(-c2ccc(I)cc2)cc1.[F-]. The molecular weight excluding hydrogens is 1020 g/mol. The van der Waals surface area contributed by atoms with E-state index in [1.807, 2.05) is 72.8 Å². The van der Waals surface area contributed by atoms with E-state index in [-0.39, 0.29) is 10.0 Å². The fourth-order valence-corrected chi connectivity index (χ4v) is 9.26. The summed E-state index contributed by atoms with van der Waals surface area (Å²) in [5.41, 5.74) is 5.08. The molecule has 0 saturated carbocycles. The third-order valence-corrected chi connectivity index (χ3v) is 12.2. The van der Waals surface area contributed by atoms with Crippen LogP contribution < -0.4 is 4.70 Å². The minimum absolute atomic E-state index is 0. The molecule has 0 radical (unpaired) electrons. The van der Waals surface area contributed by atoms with Crippen LogP contribution in [0.1, 0.15) is 5.56 Å². The Labute approximate surface area is 351 Å². The molecule has 1 heterocycles. The molecule has 0 amide bonds. The molecule has 16 heteroatoms. The number of halogens is 12. The van der Waals surface area contributed by atoms with Crippen LogP contribution >= 0.6 is 80.1 Å². The molecule has 54 heavy (non-hydrogen) atoms. The van der Waals surface area contributed by atoms with Gasteiger partial charge in [-0.2, -0.15) is 5.26 Å². The highest BCUT2D eigenvalue weighted by Crippen LogP contribution is 2.49. The van der Waals surface area contributed by atoms with Crippen LogP contribution in [0.3, 0.4) is 0 Å². The average Bonchev–Trinajstić information content (AvgIpc) is 3.13. The molecule has 6 aromatic carbocycles. The van der Waals surface area contributed by atoms with Crippen molar-refractivity contribution in [2.24, 2.45) is 0 Å². The first kappa shape index (κ1) is 45.4. The normalized spacial score (nSPS) is 11.0. The lowest BCUT2D eigenvalue weighted by Gasteiger charge is -2.19. The van der Waals surface area contributed by atoms with Crippen LogP contribution in [0.25, 0.3) is 22.3 Å². The second-order valence-corrected chi connectivity index (χ2v) is 16.8. The van der Waals surface area contributed by atoms with Crippen molar-refractivity contribution in [1.82, 2.24) is 0 Å². The van der Waals surface area contributed by atoms with Gasteiger partial charge < -0.3 is 4.70 Å². The van der Waals surface area contributed by atoms with Gasteiger partial charge in [-0.3, -0.25) is 12.9 Å². The molecule has 0 N–H and O–H groups in total. The molecule has 1 nitrogen and oxygen atoms in total. The second-order valence-electron chi connectivity index (χ2n) is 10.4. The Kier molecular flexibility index (Phi) is 18.5. The van der Waals surface area contributed by atoms with Crippen molar-refractivity contribution in [3.8, 4) is 28.3 Å². The summed E-state index contributed by atoms with van der Waals surface area (Å²) in [7, 11) is -4.57. The van der Waals surface area contributed by atoms with E-state index in [1.54, 1.807) is 0 Å². The van der Waals surface area contributed by atoms with Crippen molar-refractivity contribution in [3.05, 3.63) is 157 Å². The molecule has 0 fully saturated rings. The maximum atomic E-state index is 14.1. The van der Waals surface area contributed by atoms with Gasteiger partial charge in [-0.25, -0.2) is 17.6 Å². The Balaban J connectivity index is 0.000000284. The van der Waals surface area contributed by atoms with Crippen LogP contribution in [-0.2, 0) is 10.9 Å². The Bertz CT molecular complexity index is 2120. The second kappa shape index (κ2) is 22.0. The van der Waals surface area contributed by atoms with Gasteiger partial charge in [0.1, 0.15) is 10.9 Å². The number of hydrogen-bond donors (Lipinski definition) is 0. The van der Waals surface area contributed by atoms with Crippen molar-refractivity contribution < 1.29 is 35.2 Å². The summed E-state index contributed by atoms with van der Waals surface area (Å²) in [6.45, 7) is 0. The van der Waals surface area contributed by atoms with E-state index in [0.717, 1.165) is 61.2 Å². The molecule has 0 aromatic heterocycles. The Morgan fingerprint density at radius 3 is 1.20 bits per heavy atom. The zero-order chi connectivity index (χ0) is 38.7. The number of alkyl halides is 2. The van der Waals surface area contributed by atoms with Crippen LogP contribution in [0.4, 0.5) is 30.5 Å². The van der Waals surface area contributed by atoms with E-state index >= 15 is 0 Å². The summed E-state index contributed by atoms with van der Waals surface area (Å²) in [5.74, 6) is -3.85. The average molecular weight is 1040 g/mol. The summed E-state index contributed by atoms with van der Waals surface area (Å²) in [6.07, 6.45) is 0. The zero-order valence-corrected chi connectivity index (χ0v) is 34.6. The summed E-state index contributed by atoms with van der Waals surface area (Å²) in [6, 6.07) is 38.4. The number of rotatable bonds is 3. The maximum Gasteiger partial charge on any atom is 0.762 e. The molecule has 0 saturated heterocycles. The van der Waals surface area contributed by atoms with E-state index < -0.39 is 41.7 Å². The van der Waals surface area contributed by atoms with Gasteiger partial charge in [-0.15, -0.1) is 23.2 Å². The topological polar surface area (TPSA) is 23.8 Å². The summed E-state index contributed by atoms with van der Waals surface area (Å²) >= 11 is 15.2. The van der Waals surface area contributed by atoms with Gasteiger partial charge in [0.15, 0.2) is 38.0 Å². The lowest BCUT2D eigenvalue weighted by atomic mass is 10.0. The standard InChI is InChI=1S/C24H12F4IS2.C13H8IN.CH2Cl2.BF3.FH/c25-17-9-21-23(11-19(17)27)31(24-12-20(28)18(26)10-22(24)30-21)16-7-3-14(4-8-16)13-1-5-15(29)6-2-13;14-13-7-5-12(6-8-13)11-3-1-10(9-15)2-4-11;2-1-3;2-1(3)4;/h1-12H;1-8H;1H2;;1H/q+1;;;;/p-1. The van der Waals surface area contributed by atoms with Crippen molar-refractivity contribution >= 4 is 98.6 Å². The molecule has 6 aromatic rings. The van der Waals surface area contributed by atoms with Crippen LogP contribution in [0.5, 0.6) is 0 Å². The monoisotopic (exact) mass is 1040 g/mol. The van der Waals surface area contributed by atoms with E-state index in [4.69, 9.17) is 28.5 Å². The summed E-state index contributed by atoms with van der Waals surface area (Å²) < 4.78 is 87.4. The van der Waals surface area contributed by atoms with Crippen LogP contribution in [0.2, 0.25) is 0 Å². The minimum atomic E-state index is -3.67. The van der Waals surface area contributed by atoms with Crippen molar-refractivity contribution in [3.63, 3.8) is 0 Å². The van der Waals surface area contributed by atoms with Gasteiger partial charge in [-0.05, 0) is 140 Å². The number of benzene rings is 6. The quantitative estimate of drug-likeness (QED) is 0.0579. The molecular formula is C38H22BCl2F8I2NS2. The Hall–Kier alpha value is -2.95. The van der Waals surface area contributed by atoms with Crippen molar-refractivity contribution in [2.75, 3.05) is 5.34 Å². The molecule has 0 aliphatic carbocycles. The van der Waals surface area contributed by atoms with Gasteiger partial charge >= 0.3 is 7.54 Å². The highest BCUT2D eigenvalue weighted by Gasteiger charge is 2.40. The smallest absolute Gasteiger partial charge is 0.762 e. The molecule has 0 atom stereocenters. The highest BCUT2D eigenvalue weighted by molar-refractivity contribution is 14.1. The lowest BCUT2D eigenvalue weighted by molar-refractivity contribution is -0.0000150. The number of nitriles is 1. The van der Waals surface area contributed by atoms with Crippen molar-refractivity contribution in [2.45, 2.75) is 24.5 Å². The molecule has 1 aliphatic heterocycles. The predicted molar refractivity (Wildman–Crippen MR) is 219 cm³/mol. The lowest BCUT2D eigenvalue weighted by Crippen LogP contribution is -3.00. The highest BCUT2D eigenvalue weighted by atomic mass is 127. The molecule has 0 bridgehead atoms. The largest absolute Gasteiger partial charge is 1.00 e. The zero-order valence-electron chi connectivity index (χ0n) is 27.1. The van der Waals surface area contributed by atoms with Crippen LogP contribution in [0, 0.1) is 41.7 Å². The van der Waals surface area contributed by atoms with E-state index in [9.17, 15) is 30.5 Å². The summed E-state index contributed by atoms with van der Waals surface area (Å²) in [4.78, 5) is 2.94. The van der Waals surface area contributed by atoms with E-state index in [1.165, 1.54) is 9.13 Å². The first-order valence-electron chi connectivity index (χ1n) is 14.9. The van der Waals surface area contributed by atoms with Crippen LogP contribution in [0.15, 0.2) is 146 Å². The predicted octanol–water partition coefficient (Wildman–Crippen LogP) is 11.2. The summed E-state index contributed by atoms with van der Waals surface area (Å²) in [5, 5.41) is 8.88. The Morgan fingerprint density at radius 1 is 0.574 bits per heavy atom. The molecule has 278 valence electrons.